The predicted molar refractivity (Wildman–Crippen MR) is 267 cm³/mol. The molecule has 0 unspecified atom stereocenters. The molecular formula is C55H90O25. The fourth-order valence-electron chi connectivity index (χ4n) is 17.0. The first-order valence-corrected chi connectivity index (χ1v) is 29.5. The minimum Gasteiger partial charge on any atom is -0.394 e. The molecule has 35 atom stereocenters. The molecule has 11 rings (SSSR count). The van der Waals surface area contributed by atoms with Crippen LogP contribution in [0.25, 0.3) is 0 Å². The largest absolute Gasteiger partial charge is 0.394 e. The van der Waals surface area contributed by atoms with Crippen LogP contribution >= 0.6 is 0 Å². The van der Waals surface area contributed by atoms with E-state index in [9.17, 15) is 66.4 Å². The van der Waals surface area contributed by atoms with Gasteiger partial charge >= 0.3 is 0 Å². The fourth-order valence-corrected chi connectivity index (χ4v) is 17.0. The Kier molecular flexibility index (Phi) is 17.9. The first-order chi connectivity index (χ1) is 38.0. The summed E-state index contributed by atoms with van der Waals surface area (Å²) in [4.78, 5) is 0. The van der Waals surface area contributed by atoms with Gasteiger partial charge in [0.05, 0.1) is 51.3 Å². The Bertz CT molecular complexity index is 2080. The quantitative estimate of drug-likeness (QED) is 0.0879. The van der Waals surface area contributed by atoms with Crippen LogP contribution in [-0.2, 0) is 56.8 Å². The fraction of sp³-hybridized carbons (Fsp3) is 1.00. The Morgan fingerprint density at radius 1 is 0.475 bits per heavy atom. The molecule has 460 valence electrons. The van der Waals surface area contributed by atoms with Gasteiger partial charge < -0.3 is 123 Å². The van der Waals surface area contributed by atoms with Gasteiger partial charge in [0.1, 0.15) is 104 Å². The van der Waals surface area contributed by atoms with Crippen LogP contribution in [0.4, 0.5) is 0 Å². The standard InChI is InChI=1S/C55H90O25/c1-21-8-13-55(71-18-21)22(2)34-31(80-55)15-28-26-7-6-24-14-25(9-11-53(24,4)27(26)10-12-54(28,34)5)73-51-46(78-50-42(67)39(64)35(60)23(3)72-50)43(68)44(33(17-57)75-51)76-52-47(79-49-41(66)37(62)30(59)20-70-49)45(38(63)32(16-56)74-52)77-48-40(65)36(61)29(58)19-69-48/h21-52,56-68H,6-20H2,1-5H3/t21-,22+,23+,24+,25+,26-,27+,28+,29-,30+,31+,32-,33-,34+,35+,36+,37+,38-,39-,40-,41-,42-,43+,44+,45+,46-,47-,48+,49+,50+,51-,52+,53+,54+,55-/m1/s1. The van der Waals surface area contributed by atoms with E-state index in [1.807, 2.05) is 0 Å². The molecule has 0 radical (unpaired) electrons. The molecule has 25 heteroatoms. The molecule has 7 aliphatic heterocycles. The minimum atomic E-state index is -1.93. The number of rotatable bonds is 12. The molecule has 1 spiro atoms. The lowest BCUT2D eigenvalue weighted by atomic mass is 9.44. The first kappa shape index (κ1) is 60.7. The molecule has 11 aliphatic rings. The summed E-state index contributed by atoms with van der Waals surface area (Å²) < 4.78 is 74.8. The minimum absolute atomic E-state index is 0.0136. The van der Waals surface area contributed by atoms with E-state index in [4.69, 9.17) is 56.8 Å². The molecule has 11 fully saturated rings. The van der Waals surface area contributed by atoms with Crippen LogP contribution in [0.15, 0.2) is 0 Å². The van der Waals surface area contributed by atoms with Gasteiger partial charge in [-0.05, 0) is 111 Å². The second-order valence-corrected chi connectivity index (χ2v) is 26.2. The zero-order valence-corrected chi connectivity index (χ0v) is 46.3. The van der Waals surface area contributed by atoms with E-state index >= 15 is 0 Å². The zero-order valence-electron chi connectivity index (χ0n) is 46.3. The summed E-state index contributed by atoms with van der Waals surface area (Å²) in [6, 6.07) is 0. The van der Waals surface area contributed by atoms with Crippen molar-refractivity contribution in [2.24, 2.45) is 52.3 Å². The third-order valence-electron chi connectivity index (χ3n) is 21.7. The van der Waals surface area contributed by atoms with Crippen LogP contribution in [-0.4, -0.2) is 259 Å². The van der Waals surface area contributed by atoms with Gasteiger partial charge in [0.2, 0.25) is 0 Å². The van der Waals surface area contributed by atoms with E-state index in [1.54, 1.807) is 0 Å². The Morgan fingerprint density at radius 3 is 1.73 bits per heavy atom. The maximum absolute atomic E-state index is 12.6. The lowest BCUT2D eigenvalue weighted by Gasteiger charge is -2.61. The highest BCUT2D eigenvalue weighted by Gasteiger charge is 2.69. The smallest absolute Gasteiger partial charge is 0.187 e. The highest BCUT2D eigenvalue weighted by molar-refractivity contribution is 5.16. The van der Waals surface area contributed by atoms with Crippen molar-refractivity contribution in [3.8, 4) is 0 Å². The van der Waals surface area contributed by atoms with E-state index in [0.29, 0.717) is 48.3 Å². The molecular weight excluding hydrogens is 1060 g/mol. The number of aliphatic hydroxyl groups is 13. The number of ether oxygens (including phenoxy) is 12. The first-order valence-electron chi connectivity index (χ1n) is 29.5. The average Bonchev–Trinajstić information content (AvgIpc) is 4.13. The molecule has 7 saturated heterocycles. The summed E-state index contributed by atoms with van der Waals surface area (Å²) in [6.45, 7) is 8.99. The third kappa shape index (κ3) is 10.6. The van der Waals surface area contributed by atoms with Crippen LogP contribution in [0.1, 0.15) is 98.8 Å². The summed E-state index contributed by atoms with van der Waals surface area (Å²) in [5.41, 5.74) is 0.170. The SMILES string of the molecule is C[C@@H]1CC[C@@]2(OC1)O[C@H]1C[C@H]3[C@@H]4CC[C@H]5C[C@@H](O[C@@H]6O[C@H](CO)[C@H](O[C@@H]7O[C@H](CO)[C@@H](O)[C@H](O[C@@H]8OC[C@@H](O)[C@H](O)[C@H]8O)[C@H]7O[C@@H]7OC[C@H](O)[C@H](O)[C@H]7O)[C@H](O)[C@H]6O[C@@H]6O[C@@H](C)[C@H](O)[C@@H](O)[C@H]6O)CC[C@]5(C)[C@H]4CC[C@]3(C)[C@H]1[C@@H]2C. The van der Waals surface area contributed by atoms with E-state index in [0.717, 1.165) is 58.0 Å². The van der Waals surface area contributed by atoms with Crippen molar-refractivity contribution < 1.29 is 123 Å². The summed E-state index contributed by atoms with van der Waals surface area (Å²) in [5, 5.41) is 142. The van der Waals surface area contributed by atoms with Gasteiger partial charge in [0.15, 0.2) is 37.2 Å². The molecule has 80 heavy (non-hydrogen) atoms. The molecule has 4 saturated carbocycles. The monoisotopic (exact) mass is 1150 g/mol. The van der Waals surface area contributed by atoms with Gasteiger partial charge in [0.25, 0.3) is 0 Å². The van der Waals surface area contributed by atoms with Crippen molar-refractivity contribution >= 4 is 0 Å². The number of hydrogen-bond donors (Lipinski definition) is 13. The van der Waals surface area contributed by atoms with E-state index in [-0.39, 0.29) is 22.9 Å². The predicted octanol–water partition coefficient (Wildman–Crippen LogP) is -2.78. The lowest BCUT2D eigenvalue weighted by Crippen LogP contribution is -2.68. The van der Waals surface area contributed by atoms with Gasteiger partial charge in [-0.2, -0.15) is 0 Å². The second kappa shape index (κ2) is 23.6. The van der Waals surface area contributed by atoms with Crippen LogP contribution < -0.4 is 0 Å². The molecule has 25 nitrogen and oxygen atoms in total. The maximum atomic E-state index is 12.6. The molecule has 0 amide bonds. The van der Waals surface area contributed by atoms with Crippen molar-refractivity contribution in [3.63, 3.8) is 0 Å². The van der Waals surface area contributed by atoms with Gasteiger partial charge in [-0.25, -0.2) is 0 Å². The van der Waals surface area contributed by atoms with Crippen LogP contribution in [0.2, 0.25) is 0 Å². The molecule has 4 aliphatic carbocycles. The van der Waals surface area contributed by atoms with Gasteiger partial charge in [0, 0.05) is 12.3 Å². The molecule has 13 N–H and O–H groups in total. The topological polar surface area (TPSA) is 374 Å². The summed E-state index contributed by atoms with van der Waals surface area (Å²) in [6.07, 6.45) is -29.8. The van der Waals surface area contributed by atoms with E-state index in [2.05, 4.69) is 27.7 Å². The van der Waals surface area contributed by atoms with Gasteiger partial charge in [-0.15, -0.1) is 0 Å². The Morgan fingerprint density at radius 2 is 1.07 bits per heavy atom. The molecule has 0 aromatic heterocycles. The lowest BCUT2D eigenvalue weighted by molar-refractivity contribution is -0.408. The van der Waals surface area contributed by atoms with Crippen molar-refractivity contribution in [1.29, 1.82) is 0 Å². The van der Waals surface area contributed by atoms with Crippen molar-refractivity contribution in [2.75, 3.05) is 33.0 Å². The summed E-state index contributed by atoms with van der Waals surface area (Å²) in [7, 11) is 0. The van der Waals surface area contributed by atoms with E-state index in [1.165, 1.54) is 6.92 Å². The number of fused-ring (bicyclic) bond motifs is 7. The Balaban J connectivity index is 0.830. The molecule has 0 aromatic carbocycles. The van der Waals surface area contributed by atoms with Crippen LogP contribution in [0.5, 0.6) is 0 Å². The zero-order chi connectivity index (χ0) is 57.1. The van der Waals surface area contributed by atoms with Gasteiger partial charge in [-0.1, -0.05) is 27.7 Å². The molecule has 7 heterocycles. The van der Waals surface area contributed by atoms with Gasteiger partial charge in [-0.3, -0.25) is 0 Å². The van der Waals surface area contributed by atoms with Crippen molar-refractivity contribution in [1.82, 2.24) is 0 Å². The molecule has 0 bridgehead atoms. The highest BCUT2D eigenvalue weighted by Crippen LogP contribution is 2.71. The highest BCUT2D eigenvalue weighted by atomic mass is 16.8. The third-order valence-corrected chi connectivity index (χ3v) is 21.7. The Labute approximate surface area is 465 Å². The number of hydrogen-bond acceptors (Lipinski definition) is 25. The average molecular weight is 1150 g/mol. The van der Waals surface area contributed by atoms with Crippen LogP contribution in [0.3, 0.4) is 0 Å². The van der Waals surface area contributed by atoms with Crippen LogP contribution in [0, 0.1) is 52.3 Å². The Hall–Kier alpha value is -1.00. The number of aliphatic hydroxyl groups excluding tert-OH is 13. The normalized spacial score (nSPS) is 58.1. The maximum Gasteiger partial charge on any atom is 0.187 e. The second-order valence-electron chi connectivity index (χ2n) is 26.2. The molecule has 0 aromatic rings. The summed E-state index contributed by atoms with van der Waals surface area (Å²) in [5.74, 6) is 2.69. The van der Waals surface area contributed by atoms with E-state index < -0.39 is 180 Å². The van der Waals surface area contributed by atoms with Crippen molar-refractivity contribution in [3.05, 3.63) is 0 Å². The summed E-state index contributed by atoms with van der Waals surface area (Å²) >= 11 is 0. The van der Waals surface area contributed by atoms with Crippen molar-refractivity contribution in [2.45, 2.75) is 258 Å².